The lowest BCUT2D eigenvalue weighted by atomic mass is 9.85. The molecule has 17 nitrogen and oxygen atoms in total. The summed E-state index contributed by atoms with van der Waals surface area (Å²) in [6.45, 7) is 11.3. The number of rotatable bonds is 9. The number of amides is 1. The molecule has 3 heterocycles. The van der Waals surface area contributed by atoms with Crippen LogP contribution in [0.2, 0.25) is 0 Å². The molecule has 394 valence electrons. The van der Waals surface area contributed by atoms with Crippen molar-refractivity contribution in [1.82, 2.24) is 4.90 Å². The average Bonchev–Trinajstić information content (AvgIpc) is 3.35. The third-order valence-corrected chi connectivity index (χ3v) is 13.9. The van der Waals surface area contributed by atoms with Crippen LogP contribution in [0.5, 0.6) is 5.75 Å². The normalized spacial score (nSPS) is 33.8. The number of hydrogen-bond acceptors (Lipinski definition) is 16. The highest BCUT2D eigenvalue weighted by molar-refractivity contribution is 6.39. The molecule has 0 radical (unpaired) electrons. The van der Waals surface area contributed by atoms with Crippen LogP contribution in [0.4, 0.5) is 4.79 Å². The maximum absolute atomic E-state index is 14.4. The van der Waals surface area contributed by atoms with E-state index < -0.39 is 109 Å². The van der Waals surface area contributed by atoms with Gasteiger partial charge in [-0.2, -0.15) is 0 Å². The Labute approximate surface area is 418 Å². The first-order valence-electron chi connectivity index (χ1n) is 24.8. The molecule has 0 unspecified atom stereocenters. The van der Waals surface area contributed by atoms with Crippen molar-refractivity contribution in [2.75, 3.05) is 34.0 Å². The Morgan fingerprint density at radius 2 is 1.62 bits per heavy atom. The standard InChI is InChI=1S/C54H77NO16/c1-32-15-11-10-12-16-33(2)45(66-8)28-42-21-18-38(7)54(65,71-42)50(61)51(62)55-24-14-13-17-43(55)52(63)70-46(29-44(58)34(3)26-37(6)48(60)49(67-9)47(59)36(5)25-32)35(4)27-39-19-22-41(23-20-39)69-53(64)68-31-40(57)30-56/h10-12,15-16,19-20,22-23,26,32,34-36,38,40,42-43,45-46,48-49,56-57,60,65H,13-14,17-18,21,24-25,27-31H2,1-9H3/b12-10+,15-11+,33-16+,37-26+/t32-,34-,35-,36-,38-,40+,42+,43+,45+,46+,48-,49+,54-/m1/s1. The van der Waals surface area contributed by atoms with Crippen LogP contribution in [0, 0.1) is 29.6 Å². The lowest BCUT2D eigenvalue weighted by Gasteiger charge is -2.42. The van der Waals surface area contributed by atoms with E-state index >= 15 is 0 Å². The van der Waals surface area contributed by atoms with Gasteiger partial charge >= 0.3 is 12.1 Å². The lowest BCUT2D eigenvalue weighted by molar-refractivity contribution is -0.265. The highest BCUT2D eigenvalue weighted by atomic mass is 16.7. The summed E-state index contributed by atoms with van der Waals surface area (Å²) in [7, 11) is 2.91. The van der Waals surface area contributed by atoms with E-state index in [0.29, 0.717) is 43.2 Å². The van der Waals surface area contributed by atoms with Gasteiger partial charge in [-0.3, -0.25) is 19.2 Å². The summed E-state index contributed by atoms with van der Waals surface area (Å²) in [4.78, 5) is 84.0. The smallest absolute Gasteiger partial charge is 0.460 e. The molecule has 1 amide bonds. The largest absolute Gasteiger partial charge is 0.513 e. The Hall–Kier alpha value is -4.88. The van der Waals surface area contributed by atoms with Gasteiger partial charge in [0.15, 0.2) is 5.78 Å². The number of nitrogens with zero attached hydrogens (tertiary/aromatic N) is 1. The first-order chi connectivity index (χ1) is 33.6. The van der Waals surface area contributed by atoms with Crippen LogP contribution in [-0.4, -0.2) is 143 Å². The van der Waals surface area contributed by atoms with E-state index in [1.54, 1.807) is 59.9 Å². The van der Waals surface area contributed by atoms with Crippen molar-refractivity contribution in [3.05, 3.63) is 77.4 Å². The SMILES string of the molecule is CO[C@H]1C[C@@H]2CC[C@@H](C)[C@@](O)(O2)C(=O)C(=O)N2CCCC[C@H]2C(=O)O[C@H]([C@H](C)Cc2ccc(OC(=O)OC[C@@H](O)CO)cc2)CC(=O)[C@H](C)/C=C(\C)[C@@H](O)[C@@H](OC)C(=O)[C@H](C)C[C@H](C)/C=C/C=C/C=C/1C. The molecule has 0 spiro atoms. The number of ketones is 3. The van der Waals surface area contributed by atoms with Crippen molar-refractivity contribution in [1.29, 1.82) is 0 Å². The van der Waals surface area contributed by atoms with Gasteiger partial charge in [-0.1, -0.05) is 83.2 Å². The fraction of sp³-hybridized carbons (Fsp3) is 0.630. The van der Waals surface area contributed by atoms with E-state index in [0.717, 1.165) is 10.5 Å². The van der Waals surface area contributed by atoms with Gasteiger partial charge in [0.1, 0.15) is 48.6 Å². The van der Waals surface area contributed by atoms with Crippen LogP contribution >= 0.6 is 0 Å². The molecule has 0 aromatic heterocycles. The van der Waals surface area contributed by atoms with Gasteiger partial charge < -0.3 is 53.7 Å². The van der Waals surface area contributed by atoms with E-state index in [9.17, 15) is 44.1 Å². The monoisotopic (exact) mass is 996 g/mol. The number of carbonyl (C=O) groups excluding carboxylic acids is 6. The number of benzene rings is 1. The van der Waals surface area contributed by atoms with Gasteiger partial charge in [0.25, 0.3) is 11.7 Å². The number of ether oxygens (including phenoxy) is 6. The molecular weight excluding hydrogens is 919 g/mol. The van der Waals surface area contributed by atoms with Crippen LogP contribution in [0.25, 0.3) is 0 Å². The Morgan fingerprint density at radius 3 is 2.28 bits per heavy atom. The molecule has 3 aliphatic heterocycles. The first-order valence-corrected chi connectivity index (χ1v) is 24.8. The number of allylic oxidation sites excluding steroid dienone is 6. The van der Waals surface area contributed by atoms with Crippen LogP contribution < -0.4 is 4.74 Å². The van der Waals surface area contributed by atoms with E-state index in [-0.39, 0.29) is 55.5 Å². The number of carbonyl (C=O) groups is 6. The summed E-state index contributed by atoms with van der Waals surface area (Å²) >= 11 is 0. The summed E-state index contributed by atoms with van der Waals surface area (Å²) in [6, 6.07) is 5.14. The Bertz CT molecular complexity index is 2100. The van der Waals surface area contributed by atoms with Crippen molar-refractivity contribution in [3.63, 3.8) is 0 Å². The average molecular weight is 996 g/mol. The Balaban J connectivity index is 1.69. The predicted molar refractivity (Wildman–Crippen MR) is 262 cm³/mol. The number of methoxy groups -OCH3 is 2. The predicted octanol–water partition coefficient (Wildman–Crippen LogP) is 5.73. The van der Waals surface area contributed by atoms with Crippen LogP contribution in [0.3, 0.4) is 0 Å². The second-order valence-corrected chi connectivity index (χ2v) is 19.7. The molecular formula is C54H77NO16. The number of fused-ring (bicyclic) bond motifs is 3. The third-order valence-electron chi connectivity index (χ3n) is 13.9. The maximum Gasteiger partial charge on any atom is 0.513 e. The number of esters is 1. The summed E-state index contributed by atoms with van der Waals surface area (Å²) in [6.07, 6.45) is 6.74. The number of cyclic esters (lactones) is 1. The second-order valence-electron chi connectivity index (χ2n) is 19.7. The molecule has 2 fully saturated rings. The summed E-state index contributed by atoms with van der Waals surface area (Å²) in [5.41, 5.74) is 1.90. The number of Topliss-reactive ketones (excluding diaryl/α,β-unsaturated/α-hetero) is 3. The molecule has 0 aliphatic carbocycles. The molecule has 1 aromatic rings. The summed E-state index contributed by atoms with van der Waals surface area (Å²) < 4.78 is 33.7. The summed E-state index contributed by atoms with van der Waals surface area (Å²) in [5.74, 6) is -8.67. The molecule has 2 saturated heterocycles. The van der Waals surface area contributed by atoms with Gasteiger partial charge in [0.05, 0.1) is 18.8 Å². The zero-order valence-electron chi connectivity index (χ0n) is 42.8. The minimum absolute atomic E-state index is 0.0105. The molecule has 13 atom stereocenters. The van der Waals surface area contributed by atoms with Gasteiger partial charge in [0, 0.05) is 51.4 Å². The first kappa shape index (κ1) is 58.7. The van der Waals surface area contributed by atoms with Gasteiger partial charge in [-0.15, -0.1) is 0 Å². The van der Waals surface area contributed by atoms with E-state index in [1.807, 2.05) is 44.2 Å². The van der Waals surface area contributed by atoms with E-state index in [1.165, 1.54) is 19.2 Å². The Morgan fingerprint density at radius 1 is 0.915 bits per heavy atom. The quantitative estimate of drug-likeness (QED) is 0.100. The number of piperidine rings is 1. The fourth-order valence-corrected chi connectivity index (χ4v) is 9.32. The molecule has 3 aliphatic rings. The number of hydrogen-bond donors (Lipinski definition) is 4. The van der Waals surface area contributed by atoms with Crippen LogP contribution in [0.15, 0.2) is 71.9 Å². The second kappa shape index (κ2) is 27.8. The third kappa shape index (κ3) is 16.6. The van der Waals surface area contributed by atoms with Crippen LogP contribution in [-0.2, 0) is 54.1 Å². The van der Waals surface area contributed by atoms with Crippen molar-refractivity contribution in [2.45, 2.75) is 155 Å². The highest BCUT2D eigenvalue weighted by Gasteiger charge is 2.53. The molecule has 1 aromatic carbocycles. The van der Waals surface area contributed by atoms with Gasteiger partial charge in [-0.25, -0.2) is 9.59 Å². The van der Waals surface area contributed by atoms with Crippen molar-refractivity contribution in [3.8, 4) is 5.75 Å². The van der Waals surface area contributed by atoms with Crippen molar-refractivity contribution >= 4 is 35.4 Å². The topological polar surface area (TPSA) is 242 Å². The molecule has 4 N–H and O–H groups in total. The molecule has 17 heteroatoms. The zero-order chi connectivity index (χ0) is 52.6. The highest BCUT2D eigenvalue weighted by Crippen LogP contribution is 2.37. The van der Waals surface area contributed by atoms with E-state index in [2.05, 4.69) is 0 Å². The van der Waals surface area contributed by atoms with Gasteiger partial charge in [-0.05, 0) is 99.5 Å². The fourth-order valence-electron chi connectivity index (χ4n) is 9.32. The molecule has 0 saturated carbocycles. The zero-order valence-corrected chi connectivity index (χ0v) is 42.8. The minimum Gasteiger partial charge on any atom is -0.460 e. The molecule has 71 heavy (non-hydrogen) atoms. The molecule has 2 bridgehead atoms. The number of aliphatic hydroxyl groups is 4. The van der Waals surface area contributed by atoms with E-state index in [4.69, 9.17) is 33.5 Å². The summed E-state index contributed by atoms with van der Waals surface area (Å²) in [5, 5.41) is 41.9. The van der Waals surface area contributed by atoms with Crippen molar-refractivity contribution < 1.29 is 77.6 Å². The van der Waals surface area contributed by atoms with Crippen LogP contribution in [0.1, 0.15) is 105 Å². The number of aliphatic hydroxyl groups excluding tert-OH is 3. The molecule has 4 rings (SSSR count). The van der Waals surface area contributed by atoms with Gasteiger partial charge in [0.2, 0.25) is 5.79 Å². The van der Waals surface area contributed by atoms with Crippen molar-refractivity contribution in [2.24, 2.45) is 29.6 Å². The minimum atomic E-state index is -2.47. The lowest BCUT2D eigenvalue weighted by Crippen LogP contribution is -2.61. The Kier molecular flexibility index (Phi) is 23.0. The maximum atomic E-state index is 14.4.